The molecule has 1 unspecified atom stereocenters. The van der Waals surface area contributed by atoms with E-state index in [0.717, 1.165) is 42.6 Å². The van der Waals surface area contributed by atoms with Crippen LogP contribution in [-0.2, 0) is 22.6 Å². The Balaban J connectivity index is 0.00000259. The van der Waals surface area contributed by atoms with Crippen LogP contribution in [0.3, 0.4) is 0 Å². The van der Waals surface area contributed by atoms with E-state index in [4.69, 9.17) is 4.74 Å². The number of rotatable bonds is 8. The summed E-state index contributed by atoms with van der Waals surface area (Å²) in [5, 5.41) is 3.36. The number of nitrogens with one attached hydrogen (secondary N) is 1. The van der Waals surface area contributed by atoms with Crippen molar-refractivity contribution < 1.29 is 18.7 Å². The molecule has 3 fully saturated rings. The number of hydrogen-bond acceptors (Lipinski definition) is 4. The first-order valence-electron chi connectivity index (χ1n) is 11.3. The molecular formula is C25H29ClFN3O3. The van der Waals surface area contributed by atoms with Gasteiger partial charge in [0.25, 0.3) is 0 Å². The molecule has 0 bridgehead atoms. The average Bonchev–Trinajstić information content (AvgIpc) is 3.40. The van der Waals surface area contributed by atoms with Gasteiger partial charge in [-0.15, -0.1) is 12.4 Å². The molecule has 1 saturated carbocycles. The van der Waals surface area contributed by atoms with Crippen molar-refractivity contribution in [1.29, 1.82) is 0 Å². The van der Waals surface area contributed by atoms with E-state index in [-0.39, 0.29) is 42.7 Å². The summed E-state index contributed by atoms with van der Waals surface area (Å²) >= 11 is 0. The minimum absolute atomic E-state index is 0. The molecule has 2 heterocycles. The summed E-state index contributed by atoms with van der Waals surface area (Å²) in [6.45, 7) is 3.01. The molecule has 33 heavy (non-hydrogen) atoms. The second kappa shape index (κ2) is 10.2. The third-order valence-corrected chi connectivity index (χ3v) is 6.48. The van der Waals surface area contributed by atoms with Crippen LogP contribution < -0.4 is 5.32 Å². The van der Waals surface area contributed by atoms with Crippen LogP contribution in [0.1, 0.15) is 30.4 Å². The van der Waals surface area contributed by atoms with Gasteiger partial charge < -0.3 is 15.0 Å². The predicted molar refractivity (Wildman–Crippen MR) is 125 cm³/mol. The summed E-state index contributed by atoms with van der Waals surface area (Å²) in [6.07, 6.45) is 3.16. The summed E-state index contributed by atoms with van der Waals surface area (Å²) in [7, 11) is 0. The molecule has 5 rings (SSSR count). The number of carbonyl (C=O) groups is 2. The number of carbonyl (C=O) groups excluding carboxylic acids is 2. The Morgan fingerprint density at radius 3 is 2.48 bits per heavy atom. The zero-order valence-electron chi connectivity index (χ0n) is 18.5. The van der Waals surface area contributed by atoms with E-state index in [0.29, 0.717) is 37.7 Å². The highest BCUT2D eigenvalue weighted by molar-refractivity contribution is 6.02. The van der Waals surface area contributed by atoms with Gasteiger partial charge in [-0.25, -0.2) is 9.18 Å². The zero-order valence-corrected chi connectivity index (χ0v) is 19.3. The number of benzene rings is 2. The van der Waals surface area contributed by atoms with Crippen molar-refractivity contribution in [2.45, 2.75) is 38.4 Å². The fourth-order valence-electron chi connectivity index (χ4n) is 4.32. The first-order valence-corrected chi connectivity index (χ1v) is 11.3. The molecule has 176 valence electrons. The van der Waals surface area contributed by atoms with Crippen LogP contribution in [0.25, 0.3) is 11.1 Å². The number of hydrogen-bond donors (Lipinski definition) is 1. The Morgan fingerprint density at radius 2 is 1.79 bits per heavy atom. The van der Waals surface area contributed by atoms with Crippen molar-refractivity contribution in [3.63, 3.8) is 0 Å². The van der Waals surface area contributed by atoms with Gasteiger partial charge in [-0.3, -0.25) is 9.69 Å². The van der Waals surface area contributed by atoms with E-state index in [1.165, 1.54) is 11.0 Å². The lowest BCUT2D eigenvalue weighted by Crippen LogP contribution is -2.34. The maximum absolute atomic E-state index is 14.3. The molecule has 1 atom stereocenters. The van der Waals surface area contributed by atoms with Crippen molar-refractivity contribution in [3.8, 4) is 11.1 Å². The third kappa shape index (κ3) is 5.54. The van der Waals surface area contributed by atoms with Gasteiger partial charge in [0.15, 0.2) is 0 Å². The van der Waals surface area contributed by atoms with Gasteiger partial charge in [-0.1, -0.05) is 30.3 Å². The molecule has 2 aliphatic heterocycles. The fraction of sp³-hybridized carbons (Fsp3) is 0.440. The van der Waals surface area contributed by atoms with Crippen molar-refractivity contribution in [3.05, 3.63) is 59.4 Å². The topological polar surface area (TPSA) is 61.9 Å². The number of nitrogens with zero attached hydrogens (tertiary/aromatic N) is 2. The lowest BCUT2D eigenvalue weighted by atomic mass is 10.0. The molecule has 1 aliphatic carbocycles. The molecule has 3 aliphatic rings. The molecule has 0 spiro atoms. The van der Waals surface area contributed by atoms with E-state index in [2.05, 4.69) is 5.32 Å². The first kappa shape index (κ1) is 23.7. The van der Waals surface area contributed by atoms with Crippen molar-refractivity contribution in [2.24, 2.45) is 5.92 Å². The van der Waals surface area contributed by atoms with Gasteiger partial charge in [-0.05, 0) is 54.0 Å². The number of imide groups is 1. The Labute approximate surface area is 199 Å². The molecule has 2 aromatic rings. The smallest absolute Gasteiger partial charge is 0.327 e. The maximum Gasteiger partial charge on any atom is 0.327 e. The van der Waals surface area contributed by atoms with E-state index in [9.17, 15) is 14.0 Å². The van der Waals surface area contributed by atoms with Gasteiger partial charge in [0.05, 0.1) is 6.61 Å². The molecule has 8 heteroatoms. The van der Waals surface area contributed by atoms with Crippen LogP contribution in [0.15, 0.2) is 42.5 Å². The van der Waals surface area contributed by atoms with Crippen molar-refractivity contribution >= 4 is 24.3 Å². The second-order valence-electron chi connectivity index (χ2n) is 9.03. The van der Waals surface area contributed by atoms with Crippen LogP contribution >= 0.6 is 12.4 Å². The Kier molecular flexibility index (Phi) is 7.32. The lowest BCUT2D eigenvalue weighted by Gasteiger charge is -2.17. The molecule has 2 saturated heterocycles. The summed E-state index contributed by atoms with van der Waals surface area (Å²) in [6, 6.07) is 13.2. The highest BCUT2D eigenvalue weighted by atomic mass is 35.5. The fourth-order valence-corrected chi connectivity index (χ4v) is 4.32. The van der Waals surface area contributed by atoms with Crippen LogP contribution in [0.4, 0.5) is 9.18 Å². The van der Waals surface area contributed by atoms with Crippen LogP contribution in [-0.4, -0.2) is 54.1 Å². The normalized spacial score (nSPS) is 20.5. The summed E-state index contributed by atoms with van der Waals surface area (Å²) in [5.41, 5.74) is 3.53. The van der Waals surface area contributed by atoms with Crippen LogP contribution in [0, 0.1) is 11.7 Å². The van der Waals surface area contributed by atoms with Gasteiger partial charge in [0, 0.05) is 37.8 Å². The molecule has 0 aromatic heterocycles. The number of halogens is 2. The number of ether oxygens (including phenoxy) is 1. The largest absolute Gasteiger partial charge is 0.380 e. The first-order chi connectivity index (χ1) is 15.6. The maximum atomic E-state index is 14.3. The Hall–Kier alpha value is -2.48. The summed E-state index contributed by atoms with van der Waals surface area (Å²) in [5.74, 6) is 0.171. The van der Waals surface area contributed by atoms with Crippen molar-refractivity contribution in [1.82, 2.24) is 15.1 Å². The SMILES string of the molecule is Cl.O=C1CN(Cc2ccc(-c3ccc(F)c(CNC4CCOC4)c3)cc2)C(=O)N1CC1CC1. The van der Waals surface area contributed by atoms with E-state index in [1.807, 2.05) is 30.3 Å². The zero-order chi connectivity index (χ0) is 22.1. The highest BCUT2D eigenvalue weighted by Gasteiger charge is 2.39. The van der Waals surface area contributed by atoms with Gasteiger partial charge in [0.1, 0.15) is 12.4 Å². The third-order valence-electron chi connectivity index (χ3n) is 6.48. The standard InChI is InChI=1S/C25H28FN3O3.ClH/c26-23-8-7-20(11-21(23)12-27-22-9-10-32-16-22)19-5-3-17(4-6-19)13-28-15-24(30)29(25(28)31)14-18-1-2-18;/h3-8,11,18,22,27H,1-2,9-10,12-16H2;1H. The molecule has 0 radical (unpaired) electrons. The number of urea groups is 1. The minimum atomic E-state index is -0.218. The van der Waals surface area contributed by atoms with E-state index < -0.39 is 0 Å². The van der Waals surface area contributed by atoms with Crippen LogP contribution in [0.2, 0.25) is 0 Å². The highest BCUT2D eigenvalue weighted by Crippen LogP contribution is 2.31. The van der Waals surface area contributed by atoms with Gasteiger partial charge in [0.2, 0.25) is 5.91 Å². The predicted octanol–water partition coefficient (Wildman–Crippen LogP) is 3.97. The minimum Gasteiger partial charge on any atom is -0.380 e. The van der Waals surface area contributed by atoms with Gasteiger partial charge in [-0.2, -0.15) is 0 Å². The lowest BCUT2D eigenvalue weighted by molar-refractivity contribution is -0.125. The molecule has 2 aromatic carbocycles. The van der Waals surface area contributed by atoms with E-state index >= 15 is 0 Å². The molecule has 6 nitrogen and oxygen atoms in total. The second-order valence-corrected chi connectivity index (χ2v) is 9.03. The Morgan fingerprint density at radius 1 is 1.03 bits per heavy atom. The quantitative estimate of drug-likeness (QED) is 0.589. The molecular weight excluding hydrogens is 445 g/mol. The monoisotopic (exact) mass is 473 g/mol. The van der Waals surface area contributed by atoms with Gasteiger partial charge >= 0.3 is 6.03 Å². The van der Waals surface area contributed by atoms with Crippen LogP contribution in [0.5, 0.6) is 0 Å². The molecule has 1 N–H and O–H groups in total. The summed E-state index contributed by atoms with van der Waals surface area (Å²) < 4.78 is 19.7. The van der Waals surface area contributed by atoms with Crippen molar-refractivity contribution in [2.75, 3.05) is 26.3 Å². The molecule has 3 amide bonds. The average molecular weight is 474 g/mol. The van der Waals surface area contributed by atoms with E-state index in [1.54, 1.807) is 11.0 Å². The number of amides is 3. The Bertz CT molecular complexity index is 1010. The summed E-state index contributed by atoms with van der Waals surface area (Å²) in [4.78, 5) is 27.8.